The Bertz CT molecular complexity index is 2470. The first-order valence-corrected chi connectivity index (χ1v) is 18.7. The number of carbonyl (C=O) groups excluding carboxylic acids is 4. The summed E-state index contributed by atoms with van der Waals surface area (Å²) in [7, 11) is -1.40. The van der Waals surface area contributed by atoms with Gasteiger partial charge in [-0.2, -0.15) is 0 Å². The molecule has 0 bridgehead atoms. The van der Waals surface area contributed by atoms with E-state index in [0.717, 1.165) is 43.6 Å². The second-order valence-corrected chi connectivity index (χ2v) is 16.3. The van der Waals surface area contributed by atoms with Crippen LogP contribution in [0.4, 0.5) is 5.69 Å². The number of amides is 4. The summed E-state index contributed by atoms with van der Waals surface area (Å²) in [5.41, 5.74) is 1.27. The lowest BCUT2D eigenvalue weighted by Gasteiger charge is -2.42. The van der Waals surface area contributed by atoms with Crippen molar-refractivity contribution in [3.05, 3.63) is 107 Å². The molecule has 52 heavy (non-hydrogen) atoms. The van der Waals surface area contributed by atoms with E-state index in [2.05, 4.69) is 20.4 Å². The normalized spacial score (nSPS) is 16.6. The maximum absolute atomic E-state index is 14.3. The van der Waals surface area contributed by atoms with E-state index in [4.69, 9.17) is 4.74 Å². The molecule has 3 atom stereocenters. The maximum atomic E-state index is 14.3. The van der Waals surface area contributed by atoms with E-state index in [1.807, 2.05) is 52.0 Å². The summed E-state index contributed by atoms with van der Waals surface area (Å²) in [6, 6.07) is 20.6. The average Bonchev–Trinajstić information content (AvgIpc) is 3.11. The summed E-state index contributed by atoms with van der Waals surface area (Å²) in [4.78, 5) is 59.8. The first-order valence-electron chi connectivity index (χ1n) is 17.5. The van der Waals surface area contributed by atoms with Crippen LogP contribution in [0.2, 0.25) is 0 Å². The van der Waals surface area contributed by atoms with Gasteiger partial charge >= 0.3 is 0 Å². The Balaban J connectivity index is 1.26. The van der Waals surface area contributed by atoms with E-state index in [-0.39, 0.29) is 17.9 Å². The summed E-state index contributed by atoms with van der Waals surface area (Å²) >= 11 is 0. The molecule has 2 aliphatic heterocycles. The standard InChI is InChI=1S/C43H38N2O6S/c1-8-52(50)26-11-9-25(10-12-26)45-41(48)33-19-15-29-27-13-17-31-37-32(18-14-28(35(27)37)30-16-20-34(42(45)49)38(33)36(29)30)40(47)44(39(31)46)24(5)43(6,7)51-23(4)21-22(2)3/h8-20,22-24H,1,21H2,2-7H3. The van der Waals surface area contributed by atoms with Crippen LogP contribution in [0, 0.1) is 5.92 Å². The topological polar surface area (TPSA) is 101 Å². The van der Waals surface area contributed by atoms with Crippen LogP contribution in [0.15, 0.2) is 89.7 Å². The van der Waals surface area contributed by atoms with Crippen LogP contribution in [0.3, 0.4) is 0 Å². The zero-order chi connectivity index (χ0) is 37.0. The molecule has 0 saturated heterocycles. The molecule has 8 rings (SSSR count). The average molecular weight is 711 g/mol. The van der Waals surface area contributed by atoms with Crippen molar-refractivity contribution in [2.45, 2.75) is 70.6 Å². The number of nitrogens with zero attached hydrogens (tertiary/aromatic N) is 2. The van der Waals surface area contributed by atoms with Gasteiger partial charge in [0.25, 0.3) is 23.6 Å². The van der Waals surface area contributed by atoms with Gasteiger partial charge in [0, 0.05) is 43.3 Å². The first kappa shape index (κ1) is 33.9. The van der Waals surface area contributed by atoms with E-state index in [1.54, 1.807) is 48.5 Å². The minimum Gasteiger partial charge on any atom is -0.370 e. The van der Waals surface area contributed by atoms with Crippen molar-refractivity contribution in [2.75, 3.05) is 4.90 Å². The fourth-order valence-corrected chi connectivity index (χ4v) is 8.94. The van der Waals surface area contributed by atoms with E-state index in [1.165, 1.54) is 10.3 Å². The highest BCUT2D eigenvalue weighted by Crippen LogP contribution is 2.47. The third-order valence-corrected chi connectivity index (χ3v) is 11.9. The summed E-state index contributed by atoms with van der Waals surface area (Å²) in [6.45, 7) is 15.6. The van der Waals surface area contributed by atoms with Crippen LogP contribution >= 0.6 is 0 Å². The predicted molar refractivity (Wildman–Crippen MR) is 206 cm³/mol. The molecule has 0 radical (unpaired) electrons. The lowest BCUT2D eigenvalue weighted by atomic mass is 9.81. The van der Waals surface area contributed by atoms with Crippen molar-refractivity contribution in [2.24, 2.45) is 5.92 Å². The Morgan fingerprint density at radius 3 is 1.48 bits per heavy atom. The van der Waals surface area contributed by atoms with Gasteiger partial charge in [0.05, 0.1) is 34.2 Å². The van der Waals surface area contributed by atoms with E-state index >= 15 is 0 Å². The Morgan fingerprint density at radius 2 is 1.08 bits per heavy atom. The number of hydrogen-bond acceptors (Lipinski definition) is 6. The number of carbonyl (C=O) groups is 4. The zero-order valence-electron chi connectivity index (χ0n) is 29.9. The number of fused-ring (bicyclic) bond motifs is 2. The number of rotatable bonds is 9. The molecule has 262 valence electrons. The summed E-state index contributed by atoms with van der Waals surface area (Å²) < 4.78 is 18.6. The number of ether oxygens (including phenoxy) is 1. The van der Waals surface area contributed by atoms with Gasteiger partial charge in [-0.1, -0.05) is 44.7 Å². The Kier molecular flexibility index (Phi) is 7.75. The third kappa shape index (κ3) is 4.79. The second-order valence-electron chi connectivity index (χ2n) is 14.9. The Labute approximate surface area is 303 Å². The SMILES string of the molecule is C=CS(=O)c1ccc(N2C(=O)c3ccc4c5ccc6c7c(ccc(c8ccc(c3c48)C2=O)c75)C(=O)N(C(C)C(C)(C)OC(C)CC(C)C)C6=O)cc1. The van der Waals surface area contributed by atoms with Gasteiger partial charge in [-0.05, 0) is 121 Å². The van der Waals surface area contributed by atoms with Crippen LogP contribution < -0.4 is 4.90 Å². The number of benzene rings is 6. The van der Waals surface area contributed by atoms with Gasteiger partial charge in [0.2, 0.25) is 0 Å². The van der Waals surface area contributed by atoms with Crippen molar-refractivity contribution in [1.82, 2.24) is 4.90 Å². The van der Waals surface area contributed by atoms with Crippen molar-refractivity contribution in [3.8, 4) is 0 Å². The fraction of sp³-hybridized carbons (Fsp3) is 0.256. The van der Waals surface area contributed by atoms with Crippen molar-refractivity contribution >= 4 is 83.2 Å². The van der Waals surface area contributed by atoms with Crippen molar-refractivity contribution in [3.63, 3.8) is 0 Å². The van der Waals surface area contributed by atoms with Crippen LogP contribution in [0.1, 0.15) is 89.4 Å². The molecule has 2 heterocycles. The van der Waals surface area contributed by atoms with Crippen LogP contribution in [0.25, 0.3) is 43.1 Å². The lowest BCUT2D eigenvalue weighted by Crippen LogP contribution is -2.56. The molecule has 9 heteroatoms. The molecule has 0 aromatic heterocycles. The molecule has 4 amide bonds. The predicted octanol–water partition coefficient (Wildman–Crippen LogP) is 9.00. The van der Waals surface area contributed by atoms with Gasteiger partial charge in [-0.15, -0.1) is 0 Å². The summed E-state index contributed by atoms with van der Waals surface area (Å²) in [5, 5.41) is 7.38. The van der Waals surface area contributed by atoms with E-state index < -0.39 is 34.3 Å². The molecule has 0 aliphatic carbocycles. The van der Waals surface area contributed by atoms with Crippen LogP contribution in [-0.2, 0) is 15.5 Å². The lowest BCUT2D eigenvalue weighted by molar-refractivity contribution is -0.102. The van der Waals surface area contributed by atoms with Gasteiger partial charge in [-0.25, -0.2) is 9.11 Å². The van der Waals surface area contributed by atoms with Gasteiger partial charge in [-0.3, -0.25) is 24.1 Å². The monoisotopic (exact) mass is 710 g/mol. The summed E-state index contributed by atoms with van der Waals surface area (Å²) in [6.07, 6.45) is 0.809. The van der Waals surface area contributed by atoms with Crippen LogP contribution in [0.5, 0.6) is 0 Å². The number of anilines is 1. The van der Waals surface area contributed by atoms with Gasteiger partial charge in [0.1, 0.15) is 0 Å². The summed E-state index contributed by atoms with van der Waals surface area (Å²) in [5.74, 6) is -1.19. The molecule has 0 N–H and O–H groups in total. The molecular formula is C43H38N2O6S. The number of imide groups is 2. The van der Waals surface area contributed by atoms with E-state index in [0.29, 0.717) is 49.5 Å². The van der Waals surface area contributed by atoms with Gasteiger partial charge < -0.3 is 4.74 Å². The zero-order valence-corrected chi connectivity index (χ0v) is 30.7. The fourth-order valence-electron chi connectivity index (χ4n) is 8.34. The van der Waals surface area contributed by atoms with Gasteiger partial charge in [0.15, 0.2) is 0 Å². The second kappa shape index (κ2) is 11.9. The Hall–Kier alpha value is -5.25. The molecule has 0 saturated carbocycles. The Morgan fingerprint density at radius 1 is 0.654 bits per heavy atom. The molecule has 0 spiro atoms. The third-order valence-electron chi connectivity index (χ3n) is 10.8. The largest absolute Gasteiger partial charge is 0.370 e. The molecule has 6 aromatic rings. The smallest absolute Gasteiger partial charge is 0.265 e. The molecule has 2 aliphatic rings. The molecule has 0 fully saturated rings. The highest BCUT2D eigenvalue weighted by Gasteiger charge is 2.43. The number of hydrogen-bond donors (Lipinski definition) is 0. The molecular weight excluding hydrogens is 673 g/mol. The van der Waals surface area contributed by atoms with Crippen molar-refractivity contribution in [1.29, 1.82) is 0 Å². The quantitative estimate of drug-likeness (QED) is 0.0844. The molecule has 8 nitrogen and oxygen atoms in total. The maximum Gasteiger partial charge on any atom is 0.265 e. The highest BCUT2D eigenvalue weighted by atomic mass is 32.2. The highest BCUT2D eigenvalue weighted by molar-refractivity contribution is 7.88. The van der Waals surface area contributed by atoms with Crippen LogP contribution in [-0.4, -0.2) is 50.5 Å². The molecule has 6 aromatic carbocycles. The molecule has 3 unspecified atom stereocenters. The van der Waals surface area contributed by atoms with E-state index in [9.17, 15) is 23.4 Å². The van der Waals surface area contributed by atoms with Crippen molar-refractivity contribution < 1.29 is 28.1 Å². The minimum absolute atomic E-state index is 0.0501. The minimum atomic E-state index is -1.40. The first-order chi connectivity index (χ1) is 24.7.